The molecule has 3 aromatic rings. The van der Waals surface area contributed by atoms with Gasteiger partial charge in [-0.25, -0.2) is 8.78 Å². The number of nitrogens with one attached hydrogen (secondary N) is 1. The zero-order valence-electron chi connectivity index (χ0n) is 19.0. The maximum absolute atomic E-state index is 14.0. The van der Waals surface area contributed by atoms with Gasteiger partial charge in [-0.3, -0.25) is 4.79 Å². The number of carbonyl (C=O) groups is 1. The van der Waals surface area contributed by atoms with Crippen molar-refractivity contribution in [2.45, 2.75) is 59.1 Å². The quantitative estimate of drug-likeness (QED) is 0.515. The van der Waals surface area contributed by atoms with E-state index in [1.54, 1.807) is 13.0 Å². The second-order valence-corrected chi connectivity index (χ2v) is 8.39. The molecule has 8 heteroatoms. The Balaban J connectivity index is 1.94. The number of nitrogens with two attached hydrogens (primary N) is 1. The summed E-state index contributed by atoms with van der Waals surface area (Å²) in [4.78, 5) is 13.0. The van der Waals surface area contributed by atoms with Gasteiger partial charge in [0.15, 0.2) is 0 Å². The summed E-state index contributed by atoms with van der Waals surface area (Å²) in [6.45, 7) is 7.69. The smallest absolute Gasteiger partial charge is 0.255 e. The Hall–Kier alpha value is -3.00. The molecule has 32 heavy (non-hydrogen) atoms. The van der Waals surface area contributed by atoms with Crippen LogP contribution in [0.5, 0.6) is 5.88 Å². The number of rotatable bonds is 9. The molecule has 0 bridgehead atoms. The van der Waals surface area contributed by atoms with E-state index in [4.69, 9.17) is 10.5 Å². The van der Waals surface area contributed by atoms with Crippen molar-refractivity contribution in [2.75, 3.05) is 6.54 Å². The second kappa shape index (κ2) is 9.65. The number of ether oxygens (including phenoxy) is 1. The van der Waals surface area contributed by atoms with Gasteiger partial charge in [-0.05, 0) is 50.5 Å². The standard InChI is InChI=1S/C24H30F2N4O2/c1-5-10-24(4,27)14-28-23(31)22-15(3)29-30-20(22)11-16(6-2)12-21(30)32-13-17-18(25)8-7-9-19(17)26/h7-9,11-12H,5-6,10,13-14,27H2,1-4H3,(H,28,31). The Bertz CT molecular complexity index is 1100. The summed E-state index contributed by atoms with van der Waals surface area (Å²) in [5.74, 6) is -1.33. The summed E-state index contributed by atoms with van der Waals surface area (Å²) >= 11 is 0. The van der Waals surface area contributed by atoms with E-state index in [1.165, 1.54) is 22.7 Å². The zero-order valence-corrected chi connectivity index (χ0v) is 19.0. The zero-order chi connectivity index (χ0) is 23.5. The van der Waals surface area contributed by atoms with Crippen LogP contribution in [0.4, 0.5) is 8.78 Å². The molecule has 0 saturated carbocycles. The van der Waals surface area contributed by atoms with Crippen molar-refractivity contribution < 1.29 is 18.3 Å². The lowest BCUT2D eigenvalue weighted by Gasteiger charge is -2.24. The van der Waals surface area contributed by atoms with Gasteiger partial charge >= 0.3 is 0 Å². The monoisotopic (exact) mass is 444 g/mol. The Morgan fingerprint density at radius 1 is 1.25 bits per heavy atom. The van der Waals surface area contributed by atoms with E-state index in [0.29, 0.717) is 35.6 Å². The molecule has 0 aliphatic heterocycles. The Morgan fingerprint density at radius 2 is 1.94 bits per heavy atom. The molecule has 3 N–H and O–H groups in total. The molecule has 3 rings (SSSR count). The van der Waals surface area contributed by atoms with E-state index in [2.05, 4.69) is 10.4 Å². The van der Waals surface area contributed by atoms with Crippen LogP contribution in [0.3, 0.4) is 0 Å². The Kier molecular flexibility index (Phi) is 7.13. The van der Waals surface area contributed by atoms with Gasteiger partial charge in [-0.2, -0.15) is 9.61 Å². The van der Waals surface area contributed by atoms with Crippen LogP contribution in [0, 0.1) is 18.6 Å². The van der Waals surface area contributed by atoms with Gasteiger partial charge in [0, 0.05) is 18.2 Å². The number of hydrogen-bond acceptors (Lipinski definition) is 4. The van der Waals surface area contributed by atoms with E-state index < -0.39 is 17.2 Å². The van der Waals surface area contributed by atoms with Crippen molar-refractivity contribution in [1.82, 2.24) is 14.9 Å². The average molecular weight is 445 g/mol. The predicted octanol–water partition coefficient (Wildman–Crippen LogP) is 4.31. The third kappa shape index (κ3) is 5.07. The van der Waals surface area contributed by atoms with E-state index in [0.717, 1.165) is 18.4 Å². The van der Waals surface area contributed by atoms with Gasteiger partial charge in [0.1, 0.15) is 18.2 Å². The number of carbonyl (C=O) groups excluding carboxylic acids is 1. The van der Waals surface area contributed by atoms with Crippen molar-refractivity contribution in [1.29, 1.82) is 0 Å². The third-order valence-electron chi connectivity index (χ3n) is 5.47. The summed E-state index contributed by atoms with van der Waals surface area (Å²) in [5.41, 5.74) is 8.00. The van der Waals surface area contributed by atoms with Gasteiger partial charge in [0.05, 0.1) is 22.3 Å². The molecular weight excluding hydrogens is 414 g/mol. The Morgan fingerprint density at radius 3 is 2.56 bits per heavy atom. The van der Waals surface area contributed by atoms with Crippen molar-refractivity contribution in [3.63, 3.8) is 0 Å². The number of hydrogen-bond donors (Lipinski definition) is 2. The number of aromatic nitrogens is 2. The van der Waals surface area contributed by atoms with Crippen molar-refractivity contribution in [2.24, 2.45) is 5.73 Å². The largest absolute Gasteiger partial charge is 0.473 e. The van der Waals surface area contributed by atoms with Crippen LogP contribution >= 0.6 is 0 Å². The summed E-state index contributed by atoms with van der Waals surface area (Å²) in [5, 5.41) is 7.38. The van der Waals surface area contributed by atoms with Crippen molar-refractivity contribution in [3.05, 3.63) is 64.4 Å². The molecule has 0 aliphatic carbocycles. The van der Waals surface area contributed by atoms with Gasteiger partial charge < -0.3 is 15.8 Å². The van der Waals surface area contributed by atoms with Gasteiger partial charge in [0.25, 0.3) is 5.91 Å². The van der Waals surface area contributed by atoms with E-state index in [1.807, 2.05) is 26.8 Å². The molecule has 172 valence electrons. The predicted molar refractivity (Wildman–Crippen MR) is 120 cm³/mol. The van der Waals surface area contributed by atoms with Crippen LogP contribution in [0.2, 0.25) is 0 Å². The fourth-order valence-corrected chi connectivity index (χ4v) is 3.72. The highest BCUT2D eigenvalue weighted by Gasteiger charge is 2.23. The van der Waals surface area contributed by atoms with Crippen LogP contribution in [-0.4, -0.2) is 27.6 Å². The van der Waals surface area contributed by atoms with Crippen LogP contribution < -0.4 is 15.8 Å². The van der Waals surface area contributed by atoms with Crippen molar-refractivity contribution in [3.8, 4) is 5.88 Å². The third-order valence-corrected chi connectivity index (χ3v) is 5.47. The molecule has 0 saturated heterocycles. The number of pyridine rings is 1. The highest BCUT2D eigenvalue weighted by Crippen LogP contribution is 2.25. The molecule has 2 aromatic heterocycles. The highest BCUT2D eigenvalue weighted by molar-refractivity contribution is 6.02. The number of halogens is 2. The lowest BCUT2D eigenvalue weighted by molar-refractivity contribution is 0.0944. The summed E-state index contributed by atoms with van der Waals surface area (Å²) in [6, 6.07) is 7.31. The topological polar surface area (TPSA) is 81.6 Å². The fraction of sp³-hybridized carbons (Fsp3) is 0.417. The molecule has 0 fully saturated rings. The molecule has 6 nitrogen and oxygen atoms in total. The molecule has 1 unspecified atom stereocenters. The number of benzene rings is 1. The maximum Gasteiger partial charge on any atom is 0.255 e. The molecule has 0 spiro atoms. The minimum atomic E-state index is -0.679. The number of amides is 1. The number of nitrogens with zero attached hydrogens (tertiary/aromatic N) is 2. The minimum Gasteiger partial charge on any atom is -0.473 e. The van der Waals surface area contributed by atoms with Crippen LogP contribution in [-0.2, 0) is 13.0 Å². The van der Waals surface area contributed by atoms with Crippen LogP contribution in [0.25, 0.3) is 5.52 Å². The first kappa shape index (κ1) is 23.7. The second-order valence-electron chi connectivity index (χ2n) is 8.39. The van der Waals surface area contributed by atoms with Crippen molar-refractivity contribution >= 4 is 11.4 Å². The van der Waals surface area contributed by atoms with E-state index >= 15 is 0 Å². The lowest BCUT2D eigenvalue weighted by Crippen LogP contribution is -2.47. The molecule has 1 amide bonds. The van der Waals surface area contributed by atoms with Gasteiger partial charge in [-0.1, -0.05) is 26.3 Å². The first-order valence-corrected chi connectivity index (χ1v) is 10.8. The molecule has 2 heterocycles. The molecule has 1 atom stereocenters. The summed E-state index contributed by atoms with van der Waals surface area (Å²) < 4.78 is 35.3. The molecule has 0 aliphatic rings. The van der Waals surface area contributed by atoms with Crippen LogP contribution in [0.15, 0.2) is 30.3 Å². The minimum absolute atomic E-state index is 0.164. The normalized spacial score (nSPS) is 13.2. The van der Waals surface area contributed by atoms with E-state index in [9.17, 15) is 13.6 Å². The average Bonchev–Trinajstić information content (AvgIpc) is 3.07. The Labute approximate surface area is 186 Å². The highest BCUT2D eigenvalue weighted by atomic mass is 19.1. The summed E-state index contributed by atoms with van der Waals surface area (Å²) in [6.07, 6.45) is 2.39. The molecule has 0 radical (unpaired) electrons. The first-order valence-electron chi connectivity index (χ1n) is 10.8. The number of aryl methyl sites for hydroxylation is 2. The van der Waals surface area contributed by atoms with Crippen LogP contribution in [0.1, 0.15) is 60.8 Å². The van der Waals surface area contributed by atoms with Gasteiger partial charge in [0.2, 0.25) is 5.88 Å². The molecular formula is C24H30F2N4O2. The molecule has 1 aromatic carbocycles. The lowest BCUT2D eigenvalue weighted by atomic mass is 9.97. The SMILES string of the molecule is CCCC(C)(N)CNC(=O)c1c(C)nn2c(OCc3c(F)cccc3F)cc(CC)cc12. The van der Waals surface area contributed by atoms with Gasteiger partial charge in [-0.15, -0.1) is 0 Å². The number of fused-ring (bicyclic) bond motifs is 1. The van der Waals surface area contributed by atoms with E-state index in [-0.39, 0.29) is 18.1 Å². The summed E-state index contributed by atoms with van der Waals surface area (Å²) in [7, 11) is 0. The maximum atomic E-state index is 14.0. The fourth-order valence-electron chi connectivity index (χ4n) is 3.72. The first-order chi connectivity index (χ1) is 15.2.